The molecule has 0 saturated heterocycles. The third kappa shape index (κ3) is 3.41. The summed E-state index contributed by atoms with van der Waals surface area (Å²) < 4.78 is 5.94. The van der Waals surface area contributed by atoms with Gasteiger partial charge in [0.1, 0.15) is 5.75 Å². The van der Waals surface area contributed by atoms with Crippen LogP contribution in [0.15, 0.2) is 66.9 Å². The third-order valence-corrected chi connectivity index (χ3v) is 4.93. The molecule has 5 heteroatoms. The van der Waals surface area contributed by atoms with Crippen molar-refractivity contribution >= 4 is 5.91 Å². The molecule has 1 amide bonds. The van der Waals surface area contributed by atoms with Crippen molar-refractivity contribution in [2.24, 2.45) is 11.7 Å². The third-order valence-electron chi connectivity index (χ3n) is 4.93. The first-order chi connectivity index (χ1) is 13.1. The summed E-state index contributed by atoms with van der Waals surface area (Å²) in [7, 11) is 0. The van der Waals surface area contributed by atoms with Gasteiger partial charge in [-0.25, -0.2) is 0 Å². The van der Waals surface area contributed by atoms with Crippen LogP contribution in [-0.4, -0.2) is 22.6 Å². The molecule has 1 aliphatic rings. The van der Waals surface area contributed by atoms with Gasteiger partial charge >= 0.3 is 0 Å². The monoisotopic (exact) mass is 360 g/mol. The fraction of sp³-hybridized carbons (Fsp3) is 0.182. The second-order valence-corrected chi connectivity index (χ2v) is 6.70. The number of aromatic nitrogens is 1. The predicted molar refractivity (Wildman–Crippen MR) is 102 cm³/mol. The molecule has 0 saturated carbocycles. The minimum atomic E-state index is -0.629. The maximum Gasteiger partial charge on any atom is 0.249 e. The van der Waals surface area contributed by atoms with Gasteiger partial charge in [-0.3, -0.25) is 9.78 Å². The molecule has 5 nitrogen and oxygen atoms in total. The number of hydrogen-bond acceptors (Lipinski definition) is 4. The number of hydrogen-bond donors (Lipinski definition) is 2. The highest BCUT2D eigenvalue weighted by molar-refractivity contribution is 5.99. The lowest BCUT2D eigenvalue weighted by molar-refractivity contribution is 0.0503. The number of carbonyl (C=O) groups is 1. The van der Waals surface area contributed by atoms with Crippen molar-refractivity contribution in [1.29, 1.82) is 0 Å². The van der Waals surface area contributed by atoms with Crippen molar-refractivity contribution in [2.45, 2.75) is 12.5 Å². The van der Waals surface area contributed by atoms with E-state index in [1.54, 1.807) is 18.3 Å². The topological polar surface area (TPSA) is 85.4 Å². The number of pyridine rings is 1. The average Bonchev–Trinajstić information content (AvgIpc) is 2.70. The number of fused-ring (bicyclic) bond motifs is 1. The molecule has 3 aromatic rings. The molecule has 2 heterocycles. The Balaban J connectivity index is 1.62. The zero-order valence-corrected chi connectivity index (χ0v) is 14.7. The standard InChI is InChI=1S/C22H20N2O3/c23-22(26)18-7-2-1-6-17(18)14-8-9-19-20(12-14)27-13-15(21(19)25)11-16-5-3-4-10-24-16/h1-10,12,15,21,25H,11,13H2,(H2,23,26)/t15-,21+/m1/s1. The molecule has 2 atom stereocenters. The summed E-state index contributed by atoms with van der Waals surface area (Å²) in [5.41, 5.74) is 9.21. The largest absolute Gasteiger partial charge is 0.493 e. The van der Waals surface area contributed by atoms with E-state index in [4.69, 9.17) is 10.5 Å². The van der Waals surface area contributed by atoms with Gasteiger partial charge in [-0.15, -0.1) is 0 Å². The Morgan fingerprint density at radius 2 is 1.96 bits per heavy atom. The molecule has 2 aromatic carbocycles. The number of aliphatic hydroxyl groups is 1. The van der Waals surface area contributed by atoms with Gasteiger partial charge in [0.15, 0.2) is 0 Å². The number of carbonyl (C=O) groups excluding carboxylic acids is 1. The summed E-state index contributed by atoms with van der Waals surface area (Å²) in [6, 6.07) is 18.6. The van der Waals surface area contributed by atoms with E-state index in [0.717, 1.165) is 22.4 Å². The number of aliphatic hydroxyl groups excluding tert-OH is 1. The van der Waals surface area contributed by atoms with E-state index in [1.807, 2.05) is 48.5 Å². The van der Waals surface area contributed by atoms with Crippen molar-refractivity contribution in [3.8, 4) is 16.9 Å². The quantitative estimate of drug-likeness (QED) is 0.748. The van der Waals surface area contributed by atoms with Crippen molar-refractivity contribution in [1.82, 2.24) is 4.98 Å². The molecule has 0 fully saturated rings. The Morgan fingerprint density at radius 3 is 2.74 bits per heavy atom. The second-order valence-electron chi connectivity index (χ2n) is 6.70. The Kier molecular flexibility index (Phi) is 4.60. The summed E-state index contributed by atoms with van der Waals surface area (Å²) in [6.45, 7) is 0.408. The van der Waals surface area contributed by atoms with Crippen molar-refractivity contribution in [2.75, 3.05) is 6.61 Å². The molecule has 0 spiro atoms. The van der Waals surface area contributed by atoms with Gasteiger partial charge in [-0.05, 0) is 41.8 Å². The first-order valence-corrected chi connectivity index (χ1v) is 8.87. The maximum absolute atomic E-state index is 11.7. The number of primary amides is 1. The number of nitrogens with two attached hydrogens (primary N) is 1. The summed E-state index contributed by atoms with van der Waals surface area (Å²) in [5, 5.41) is 10.8. The second kappa shape index (κ2) is 7.21. The zero-order valence-electron chi connectivity index (χ0n) is 14.7. The Morgan fingerprint density at radius 1 is 1.15 bits per heavy atom. The van der Waals surface area contributed by atoms with Crippen LogP contribution in [0.5, 0.6) is 5.75 Å². The smallest absolute Gasteiger partial charge is 0.249 e. The molecule has 0 unspecified atom stereocenters. The molecule has 0 aliphatic carbocycles. The van der Waals surface area contributed by atoms with Gasteiger partial charge in [0.2, 0.25) is 5.91 Å². The number of rotatable bonds is 4. The molecule has 27 heavy (non-hydrogen) atoms. The van der Waals surface area contributed by atoms with Crippen LogP contribution in [0.4, 0.5) is 0 Å². The molecule has 0 radical (unpaired) electrons. The van der Waals surface area contributed by atoms with Gasteiger partial charge in [0.05, 0.1) is 12.7 Å². The van der Waals surface area contributed by atoms with E-state index in [0.29, 0.717) is 24.3 Å². The molecule has 4 rings (SSSR count). The van der Waals surface area contributed by atoms with E-state index < -0.39 is 12.0 Å². The number of benzene rings is 2. The van der Waals surface area contributed by atoms with Crippen LogP contribution < -0.4 is 10.5 Å². The highest BCUT2D eigenvalue weighted by Gasteiger charge is 2.30. The van der Waals surface area contributed by atoms with Gasteiger partial charge < -0.3 is 15.6 Å². The molecule has 136 valence electrons. The molecular formula is C22H20N2O3. The minimum absolute atomic E-state index is 0.0591. The van der Waals surface area contributed by atoms with Gasteiger partial charge in [-0.1, -0.05) is 36.4 Å². The van der Waals surface area contributed by atoms with Crippen molar-refractivity contribution in [3.63, 3.8) is 0 Å². The number of ether oxygens (including phenoxy) is 1. The zero-order chi connectivity index (χ0) is 18.8. The number of amides is 1. The van der Waals surface area contributed by atoms with E-state index >= 15 is 0 Å². The fourth-order valence-electron chi connectivity index (χ4n) is 3.52. The van der Waals surface area contributed by atoms with Gasteiger partial charge in [0, 0.05) is 28.9 Å². The molecule has 3 N–H and O–H groups in total. The summed E-state index contributed by atoms with van der Waals surface area (Å²) >= 11 is 0. The van der Waals surface area contributed by atoms with Crippen LogP contribution in [0.1, 0.15) is 27.7 Å². The SMILES string of the molecule is NC(=O)c1ccccc1-c1ccc2c(c1)OC[C@@H](Cc1ccccn1)[C@@H]2O. The van der Waals surface area contributed by atoms with Crippen molar-refractivity contribution < 1.29 is 14.6 Å². The summed E-state index contributed by atoms with van der Waals surface area (Å²) in [6.07, 6.45) is 1.77. The predicted octanol–water partition coefficient (Wildman–Crippen LogP) is 3.13. The van der Waals surface area contributed by atoms with Crippen LogP contribution in [0.2, 0.25) is 0 Å². The molecule has 1 aromatic heterocycles. The molecule has 0 bridgehead atoms. The fourth-order valence-corrected chi connectivity index (χ4v) is 3.52. The first kappa shape index (κ1) is 17.2. The van der Waals surface area contributed by atoms with E-state index in [1.165, 1.54) is 0 Å². The first-order valence-electron chi connectivity index (χ1n) is 8.87. The Hall–Kier alpha value is -3.18. The number of nitrogens with zero attached hydrogens (tertiary/aromatic N) is 1. The van der Waals surface area contributed by atoms with Crippen LogP contribution in [0.3, 0.4) is 0 Å². The van der Waals surface area contributed by atoms with Crippen LogP contribution in [-0.2, 0) is 6.42 Å². The lowest BCUT2D eigenvalue weighted by Gasteiger charge is -2.30. The summed E-state index contributed by atoms with van der Waals surface area (Å²) in [5.74, 6) is 0.104. The van der Waals surface area contributed by atoms with Gasteiger partial charge in [-0.2, -0.15) is 0 Å². The Bertz CT molecular complexity index is 972. The molecular weight excluding hydrogens is 340 g/mol. The molecule has 1 aliphatic heterocycles. The lowest BCUT2D eigenvalue weighted by Crippen LogP contribution is -2.28. The van der Waals surface area contributed by atoms with Crippen LogP contribution >= 0.6 is 0 Å². The average molecular weight is 360 g/mol. The van der Waals surface area contributed by atoms with E-state index in [-0.39, 0.29) is 5.92 Å². The van der Waals surface area contributed by atoms with Crippen LogP contribution in [0, 0.1) is 5.92 Å². The summed E-state index contributed by atoms with van der Waals surface area (Å²) in [4.78, 5) is 16.0. The highest BCUT2D eigenvalue weighted by Crippen LogP contribution is 2.39. The highest BCUT2D eigenvalue weighted by atomic mass is 16.5. The van der Waals surface area contributed by atoms with Crippen LogP contribution in [0.25, 0.3) is 11.1 Å². The van der Waals surface area contributed by atoms with E-state index in [9.17, 15) is 9.90 Å². The normalized spacial score (nSPS) is 18.4. The van der Waals surface area contributed by atoms with E-state index in [2.05, 4.69) is 4.98 Å². The van der Waals surface area contributed by atoms with Gasteiger partial charge in [0.25, 0.3) is 0 Å². The van der Waals surface area contributed by atoms with Crippen molar-refractivity contribution in [3.05, 3.63) is 83.7 Å². The minimum Gasteiger partial charge on any atom is -0.493 e. The Labute approximate surface area is 157 Å². The lowest BCUT2D eigenvalue weighted by atomic mass is 9.88. The maximum atomic E-state index is 11.7.